The van der Waals surface area contributed by atoms with E-state index >= 15 is 0 Å². The first-order chi connectivity index (χ1) is 14.2. The minimum Gasteiger partial charge on any atom is -0.493 e. The fraction of sp³-hybridized carbons (Fsp3) is 0.348. The summed E-state index contributed by atoms with van der Waals surface area (Å²) in [5.41, 5.74) is 0.666. The predicted octanol–water partition coefficient (Wildman–Crippen LogP) is 4.31. The zero-order chi connectivity index (χ0) is 22.3. The van der Waals surface area contributed by atoms with Gasteiger partial charge in [-0.2, -0.15) is 0 Å². The van der Waals surface area contributed by atoms with Gasteiger partial charge in [0.05, 0.1) is 12.2 Å². The largest absolute Gasteiger partial charge is 0.493 e. The van der Waals surface area contributed by atoms with Crippen LogP contribution in [-0.4, -0.2) is 36.4 Å². The molecular weight excluding hydrogens is 406 g/mol. The molecule has 2 atom stereocenters. The standard InChI is InChI=1S/C23H26ClNO5/c1-5-29-19-12-7-6-11-18(19)22(27)25-20(14(2)3)23(28)30-15(4)21(26)16-9-8-10-17(24)13-16/h6-15,20H,5H2,1-4H3,(H,25,27)/t15?,20-/m0/s1. The third kappa shape index (κ3) is 6.07. The number of carbonyl (C=O) groups excluding carboxylic acids is 3. The number of benzene rings is 2. The predicted molar refractivity (Wildman–Crippen MR) is 115 cm³/mol. The lowest BCUT2D eigenvalue weighted by atomic mass is 10.0. The van der Waals surface area contributed by atoms with Crippen LogP contribution in [0.5, 0.6) is 5.75 Å². The van der Waals surface area contributed by atoms with Gasteiger partial charge >= 0.3 is 5.97 Å². The monoisotopic (exact) mass is 431 g/mol. The fourth-order valence-electron chi connectivity index (χ4n) is 2.83. The molecule has 0 fully saturated rings. The Morgan fingerprint density at radius 3 is 2.37 bits per heavy atom. The van der Waals surface area contributed by atoms with Gasteiger partial charge in [0, 0.05) is 10.6 Å². The lowest BCUT2D eigenvalue weighted by Gasteiger charge is -2.23. The van der Waals surface area contributed by atoms with Crippen molar-refractivity contribution >= 4 is 29.3 Å². The zero-order valence-electron chi connectivity index (χ0n) is 17.5. The van der Waals surface area contributed by atoms with Crippen molar-refractivity contribution in [3.05, 3.63) is 64.7 Å². The van der Waals surface area contributed by atoms with Gasteiger partial charge in [-0.3, -0.25) is 9.59 Å². The summed E-state index contributed by atoms with van der Waals surface area (Å²) >= 11 is 5.92. The first-order valence-corrected chi connectivity index (χ1v) is 10.1. The molecule has 2 aromatic carbocycles. The first kappa shape index (κ1) is 23.4. The SMILES string of the molecule is CCOc1ccccc1C(=O)N[C@H](C(=O)OC(C)C(=O)c1cccc(Cl)c1)C(C)C. The molecule has 1 amide bonds. The number of Topliss-reactive ketones (excluding diaryl/α,β-unsaturated/α-hetero) is 1. The minimum atomic E-state index is -1.02. The second kappa shape index (κ2) is 10.8. The molecule has 1 unspecified atom stereocenters. The van der Waals surface area contributed by atoms with Gasteiger partial charge in [0.15, 0.2) is 6.10 Å². The van der Waals surface area contributed by atoms with Gasteiger partial charge in [-0.1, -0.05) is 49.7 Å². The van der Waals surface area contributed by atoms with E-state index in [2.05, 4.69) is 5.32 Å². The Labute approximate surface area is 181 Å². The van der Waals surface area contributed by atoms with Gasteiger partial charge in [0.25, 0.3) is 5.91 Å². The highest BCUT2D eigenvalue weighted by atomic mass is 35.5. The van der Waals surface area contributed by atoms with E-state index in [4.69, 9.17) is 21.1 Å². The van der Waals surface area contributed by atoms with Crippen molar-refractivity contribution in [2.75, 3.05) is 6.61 Å². The molecule has 2 aromatic rings. The maximum absolute atomic E-state index is 12.8. The maximum atomic E-state index is 12.8. The number of amides is 1. The molecule has 0 saturated carbocycles. The molecule has 0 heterocycles. The summed E-state index contributed by atoms with van der Waals surface area (Å²) in [4.78, 5) is 38.0. The summed E-state index contributed by atoms with van der Waals surface area (Å²) in [6.45, 7) is 7.28. The molecule has 7 heteroatoms. The van der Waals surface area contributed by atoms with Crippen LogP contribution in [0.2, 0.25) is 5.02 Å². The van der Waals surface area contributed by atoms with Gasteiger partial charge in [0.2, 0.25) is 5.78 Å². The molecule has 6 nitrogen and oxygen atoms in total. The van der Waals surface area contributed by atoms with Crippen molar-refractivity contribution < 1.29 is 23.9 Å². The molecule has 160 valence electrons. The maximum Gasteiger partial charge on any atom is 0.329 e. The molecule has 0 aliphatic carbocycles. The van der Waals surface area contributed by atoms with E-state index in [0.717, 1.165) is 0 Å². The number of halogens is 1. The van der Waals surface area contributed by atoms with E-state index < -0.39 is 24.0 Å². The molecule has 2 rings (SSSR count). The minimum absolute atomic E-state index is 0.255. The molecule has 1 N–H and O–H groups in total. The van der Waals surface area contributed by atoms with Crippen LogP contribution >= 0.6 is 11.6 Å². The number of hydrogen-bond acceptors (Lipinski definition) is 5. The molecule has 0 radical (unpaired) electrons. The van der Waals surface area contributed by atoms with Gasteiger partial charge in [-0.25, -0.2) is 4.79 Å². The Kier molecular flexibility index (Phi) is 8.42. The number of rotatable bonds is 9. The van der Waals surface area contributed by atoms with E-state index in [-0.39, 0.29) is 11.7 Å². The average molecular weight is 432 g/mol. The highest BCUT2D eigenvalue weighted by Gasteiger charge is 2.30. The van der Waals surface area contributed by atoms with Crippen LogP contribution in [0, 0.1) is 5.92 Å². The number of carbonyl (C=O) groups is 3. The second-order valence-electron chi connectivity index (χ2n) is 7.08. The van der Waals surface area contributed by atoms with Crippen LogP contribution in [0.15, 0.2) is 48.5 Å². The van der Waals surface area contributed by atoms with Crippen LogP contribution in [0.4, 0.5) is 0 Å². The van der Waals surface area contributed by atoms with Gasteiger partial charge in [-0.05, 0) is 44.0 Å². The van der Waals surface area contributed by atoms with Crippen molar-refractivity contribution in [1.82, 2.24) is 5.32 Å². The molecule has 0 aromatic heterocycles. The first-order valence-electron chi connectivity index (χ1n) is 9.77. The van der Waals surface area contributed by atoms with Crippen molar-refractivity contribution in [3.8, 4) is 5.75 Å². The molecule has 0 aliphatic rings. The van der Waals surface area contributed by atoms with E-state index in [1.807, 2.05) is 6.92 Å². The van der Waals surface area contributed by atoms with Crippen LogP contribution in [0.1, 0.15) is 48.4 Å². The van der Waals surface area contributed by atoms with Gasteiger partial charge in [-0.15, -0.1) is 0 Å². The second-order valence-corrected chi connectivity index (χ2v) is 7.51. The van der Waals surface area contributed by atoms with Gasteiger partial charge in [0.1, 0.15) is 11.8 Å². The molecule has 30 heavy (non-hydrogen) atoms. The number of esters is 1. The highest BCUT2D eigenvalue weighted by Crippen LogP contribution is 2.19. The Hall–Kier alpha value is -2.86. The summed E-state index contributed by atoms with van der Waals surface area (Å²) in [6.07, 6.45) is -1.02. The summed E-state index contributed by atoms with van der Waals surface area (Å²) < 4.78 is 10.8. The van der Waals surface area contributed by atoms with E-state index in [1.165, 1.54) is 13.0 Å². The van der Waals surface area contributed by atoms with E-state index in [0.29, 0.717) is 28.5 Å². The molecule has 0 spiro atoms. The van der Waals surface area contributed by atoms with Crippen molar-refractivity contribution in [1.29, 1.82) is 0 Å². The van der Waals surface area contributed by atoms with Crippen LogP contribution in [0.3, 0.4) is 0 Å². The fourth-order valence-corrected chi connectivity index (χ4v) is 3.02. The number of hydrogen-bond donors (Lipinski definition) is 1. The molecular formula is C23H26ClNO5. The summed E-state index contributed by atoms with van der Waals surface area (Å²) in [7, 11) is 0. The van der Waals surface area contributed by atoms with Crippen LogP contribution in [0.25, 0.3) is 0 Å². The average Bonchev–Trinajstić information content (AvgIpc) is 2.71. The smallest absolute Gasteiger partial charge is 0.329 e. The van der Waals surface area contributed by atoms with Crippen molar-refractivity contribution in [2.45, 2.75) is 39.8 Å². The van der Waals surface area contributed by atoms with Crippen LogP contribution in [-0.2, 0) is 9.53 Å². The van der Waals surface area contributed by atoms with E-state index in [1.54, 1.807) is 56.3 Å². The molecule has 0 saturated heterocycles. The Bertz CT molecular complexity index is 912. The zero-order valence-corrected chi connectivity index (χ0v) is 18.2. The lowest BCUT2D eigenvalue weighted by Crippen LogP contribution is -2.46. The van der Waals surface area contributed by atoms with Crippen molar-refractivity contribution in [2.24, 2.45) is 5.92 Å². The summed E-state index contributed by atoms with van der Waals surface area (Å²) in [5.74, 6) is -1.34. The summed E-state index contributed by atoms with van der Waals surface area (Å²) in [5, 5.41) is 3.11. The van der Waals surface area contributed by atoms with Gasteiger partial charge < -0.3 is 14.8 Å². The molecule has 0 aliphatic heterocycles. The number of nitrogens with one attached hydrogen (secondary N) is 1. The summed E-state index contributed by atoms with van der Waals surface area (Å²) in [6, 6.07) is 12.3. The Balaban J connectivity index is 2.11. The number of ether oxygens (including phenoxy) is 2. The Morgan fingerprint density at radius 2 is 1.73 bits per heavy atom. The quantitative estimate of drug-likeness (QED) is 0.472. The number of para-hydroxylation sites is 1. The highest BCUT2D eigenvalue weighted by molar-refractivity contribution is 6.31. The topological polar surface area (TPSA) is 81.7 Å². The third-order valence-electron chi connectivity index (χ3n) is 4.41. The van der Waals surface area contributed by atoms with Crippen LogP contribution < -0.4 is 10.1 Å². The molecule has 0 bridgehead atoms. The number of ketones is 1. The third-order valence-corrected chi connectivity index (χ3v) is 4.65. The Morgan fingerprint density at radius 1 is 1.03 bits per heavy atom. The van der Waals surface area contributed by atoms with E-state index in [9.17, 15) is 14.4 Å². The lowest BCUT2D eigenvalue weighted by molar-refractivity contribution is -0.149. The normalized spacial score (nSPS) is 12.7. The van der Waals surface area contributed by atoms with Crippen molar-refractivity contribution in [3.63, 3.8) is 0 Å².